The average molecular weight is 324 g/mol. The van der Waals surface area contributed by atoms with E-state index in [-0.39, 0.29) is 12.1 Å². The Balaban J connectivity index is 1.93. The third-order valence-electron chi connectivity index (χ3n) is 3.99. The summed E-state index contributed by atoms with van der Waals surface area (Å²) in [5, 5.41) is 10.8. The van der Waals surface area contributed by atoms with Gasteiger partial charge >= 0.3 is 6.09 Å². The fraction of sp³-hybridized carbons (Fsp3) is 0.812. The molecule has 1 aliphatic heterocycles. The van der Waals surface area contributed by atoms with Crippen molar-refractivity contribution in [3.05, 3.63) is 11.8 Å². The molecular weight excluding hydrogens is 296 g/mol. The summed E-state index contributed by atoms with van der Waals surface area (Å²) >= 11 is 0. The van der Waals surface area contributed by atoms with Crippen LogP contribution in [0.3, 0.4) is 0 Å². The summed E-state index contributed by atoms with van der Waals surface area (Å²) in [5.41, 5.74) is -0.483. The minimum Gasteiger partial charge on any atom is -0.444 e. The predicted octanol–water partition coefficient (Wildman–Crippen LogP) is 2.50. The number of nitrogens with one attached hydrogen (secondary N) is 1. The van der Waals surface area contributed by atoms with Crippen molar-refractivity contribution in [3.8, 4) is 0 Å². The van der Waals surface area contributed by atoms with E-state index in [0.717, 1.165) is 19.4 Å². The first-order valence-corrected chi connectivity index (χ1v) is 8.24. The number of amides is 1. The largest absolute Gasteiger partial charge is 0.444 e. The molecule has 7 heteroatoms. The van der Waals surface area contributed by atoms with Gasteiger partial charge in [0.25, 0.3) is 0 Å². The lowest BCUT2D eigenvalue weighted by Gasteiger charge is -2.39. The van der Waals surface area contributed by atoms with Gasteiger partial charge in [-0.3, -0.25) is 4.90 Å². The van der Waals surface area contributed by atoms with Crippen LogP contribution in [0.4, 0.5) is 4.79 Å². The van der Waals surface area contributed by atoms with E-state index in [1.54, 1.807) is 6.92 Å². The lowest BCUT2D eigenvalue weighted by atomic mass is 9.90. The van der Waals surface area contributed by atoms with Crippen LogP contribution in [-0.4, -0.2) is 45.9 Å². The number of piperidine rings is 1. The number of alkyl carbamates (subject to hydrolysis) is 1. The molecule has 2 atom stereocenters. The summed E-state index contributed by atoms with van der Waals surface area (Å²) in [6, 6.07) is 0.239. The second-order valence-corrected chi connectivity index (χ2v) is 7.25. The smallest absolute Gasteiger partial charge is 0.407 e. The second-order valence-electron chi connectivity index (χ2n) is 7.25. The summed E-state index contributed by atoms with van der Waals surface area (Å²) in [7, 11) is 0. The van der Waals surface area contributed by atoms with E-state index in [9.17, 15) is 4.79 Å². The van der Waals surface area contributed by atoms with Crippen LogP contribution >= 0.6 is 0 Å². The van der Waals surface area contributed by atoms with Crippen LogP contribution < -0.4 is 5.32 Å². The van der Waals surface area contributed by atoms with E-state index < -0.39 is 5.60 Å². The molecule has 1 aliphatic rings. The summed E-state index contributed by atoms with van der Waals surface area (Å²) in [6.07, 6.45) is 1.92. The molecule has 1 aromatic heterocycles. The molecule has 1 aromatic rings. The minimum absolute atomic E-state index is 0.239. The van der Waals surface area contributed by atoms with Crippen molar-refractivity contribution in [1.29, 1.82) is 0 Å². The number of aromatic nitrogens is 2. The third-order valence-corrected chi connectivity index (χ3v) is 3.99. The van der Waals surface area contributed by atoms with Gasteiger partial charge in [0.15, 0.2) is 0 Å². The molecule has 0 saturated carbocycles. The van der Waals surface area contributed by atoms with Gasteiger partial charge in [0, 0.05) is 19.5 Å². The van der Waals surface area contributed by atoms with Gasteiger partial charge in [0.1, 0.15) is 5.60 Å². The monoisotopic (exact) mass is 324 g/mol. The first kappa shape index (κ1) is 17.7. The second kappa shape index (κ2) is 7.29. The van der Waals surface area contributed by atoms with Crippen molar-refractivity contribution < 1.29 is 13.9 Å². The minimum atomic E-state index is -0.483. The first-order chi connectivity index (χ1) is 10.7. The maximum absolute atomic E-state index is 11.9. The maximum Gasteiger partial charge on any atom is 0.407 e. The number of hydrogen-bond acceptors (Lipinski definition) is 6. The molecule has 0 bridgehead atoms. The molecular formula is C16H28N4O3. The highest BCUT2D eigenvalue weighted by molar-refractivity contribution is 5.67. The van der Waals surface area contributed by atoms with Crippen LogP contribution in [0.2, 0.25) is 0 Å². The summed E-state index contributed by atoms with van der Waals surface area (Å²) < 4.78 is 10.8. The van der Waals surface area contributed by atoms with Crippen molar-refractivity contribution in [2.75, 3.05) is 13.1 Å². The van der Waals surface area contributed by atoms with Gasteiger partial charge in [-0.2, -0.15) is 0 Å². The molecule has 1 N–H and O–H groups in total. The zero-order valence-corrected chi connectivity index (χ0v) is 14.8. The van der Waals surface area contributed by atoms with Gasteiger partial charge in [-0.15, -0.1) is 10.2 Å². The average Bonchev–Trinajstić information content (AvgIpc) is 2.81. The van der Waals surface area contributed by atoms with Gasteiger partial charge in [0.2, 0.25) is 11.8 Å². The van der Waals surface area contributed by atoms with Gasteiger partial charge in [-0.25, -0.2) is 4.79 Å². The Labute approximate surface area is 137 Å². The Morgan fingerprint density at radius 1 is 1.43 bits per heavy atom. The van der Waals surface area contributed by atoms with Gasteiger partial charge in [-0.1, -0.05) is 6.92 Å². The molecule has 23 heavy (non-hydrogen) atoms. The fourth-order valence-electron chi connectivity index (χ4n) is 2.94. The Morgan fingerprint density at radius 2 is 2.17 bits per heavy atom. The number of aryl methyl sites for hydroxylation is 1. The molecule has 1 amide bonds. The number of hydrogen-bond donors (Lipinski definition) is 1. The molecule has 0 aromatic carbocycles. The Kier molecular flexibility index (Phi) is 5.62. The van der Waals surface area contributed by atoms with Gasteiger partial charge < -0.3 is 14.5 Å². The number of likely N-dealkylation sites (tertiary alicyclic amines) is 1. The van der Waals surface area contributed by atoms with E-state index >= 15 is 0 Å². The van der Waals surface area contributed by atoms with E-state index in [0.29, 0.717) is 30.8 Å². The molecule has 130 valence electrons. The van der Waals surface area contributed by atoms with Gasteiger partial charge in [-0.05, 0) is 46.1 Å². The standard InChI is InChI=1S/C16H28N4O3/c1-11-7-6-8-20(10-14-19-18-12(2)22-14)13(11)9-17-15(21)23-16(3,4)5/h11,13H,6-10H2,1-5H3,(H,17,21)/t11-,13-/m0/s1. The van der Waals surface area contributed by atoms with Crippen LogP contribution in [0.5, 0.6) is 0 Å². The molecule has 1 fully saturated rings. The number of nitrogens with zero attached hydrogens (tertiary/aromatic N) is 3. The molecule has 7 nitrogen and oxygen atoms in total. The summed E-state index contributed by atoms with van der Waals surface area (Å²) in [5.74, 6) is 1.69. The highest BCUT2D eigenvalue weighted by atomic mass is 16.6. The Morgan fingerprint density at radius 3 is 2.78 bits per heavy atom. The lowest BCUT2D eigenvalue weighted by molar-refractivity contribution is 0.0446. The van der Waals surface area contributed by atoms with E-state index in [4.69, 9.17) is 9.15 Å². The SMILES string of the molecule is Cc1nnc(CN2CCC[C@H](C)[C@@H]2CNC(=O)OC(C)(C)C)o1. The fourth-order valence-corrected chi connectivity index (χ4v) is 2.94. The molecule has 0 radical (unpaired) electrons. The highest BCUT2D eigenvalue weighted by Crippen LogP contribution is 2.24. The first-order valence-electron chi connectivity index (χ1n) is 8.24. The van der Waals surface area contributed by atoms with Crippen molar-refractivity contribution in [2.24, 2.45) is 5.92 Å². The molecule has 2 heterocycles. The van der Waals surface area contributed by atoms with Crippen LogP contribution in [0.1, 0.15) is 52.3 Å². The van der Waals surface area contributed by atoms with Crippen LogP contribution in [-0.2, 0) is 11.3 Å². The van der Waals surface area contributed by atoms with Crippen LogP contribution in [0.15, 0.2) is 4.42 Å². The molecule has 1 saturated heterocycles. The topological polar surface area (TPSA) is 80.5 Å². The quantitative estimate of drug-likeness (QED) is 0.916. The van der Waals surface area contributed by atoms with Crippen molar-refractivity contribution in [1.82, 2.24) is 20.4 Å². The number of rotatable bonds is 4. The van der Waals surface area contributed by atoms with Crippen molar-refractivity contribution in [3.63, 3.8) is 0 Å². The molecule has 0 spiro atoms. The Bertz CT molecular complexity index is 524. The van der Waals surface area contributed by atoms with E-state index in [1.165, 1.54) is 0 Å². The van der Waals surface area contributed by atoms with Crippen molar-refractivity contribution >= 4 is 6.09 Å². The number of carbonyl (C=O) groups excluding carboxylic acids is 1. The third kappa shape index (κ3) is 5.49. The van der Waals surface area contributed by atoms with Gasteiger partial charge in [0.05, 0.1) is 6.54 Å². The predicted molar refractivity (Wildman–Crippen MR) is 85.9 cm³/mol. The van der Waals surface area contributed by atoms with E-state index in [2.05, 4.69) is 27.3 Å². The Hall–Kier alpha value is -1.63. The maximum atomic E-state index is 11.9. The zero-order valence-electron chi connectivity index (χ0n) is 14.8. The lowest BCUT2D eigenvalue weighted by Crippen LogP contribution is -2.50. The number of carbonyl (C=O) groups is 1. The van der Waals surface area contributed by atoms with E-state index in [1.807, 2.05) is 20.8 Å². The molecule has 0 aliphatic carbocycles. The highest BCUT2D eigenvalue weighted by Gasteiger charge is 2.30. The number of ether oxygens (including phenoxy) is 1. The normalized spacial score (nSPS) is 22.8. The zero-order chi connectivity index (χ0) is 17.0. The van der Waals surface area contributed by atoms with Crippen molar-refractivity contribution in [2.45, 2.75) is 65.6 Å². The molecule has 0 unspecified atom stereocenters. The van der Waals surface area contributed by atoms with Crippen LogP contribution in [0, 0.1) is 12.8 Å². The summed E-state index contributed by atoms with van der Waals surface area (Å²) in [6.45, 7) is 11.7. The van der Waals surface area contributed by atoms with Crippen LogP contribution in [0.25, 0.3) is 0 Å². The molecule has 2 rings (SSSR count). The summed E-state index contributed by atoms with van der Waals surface area (Å²) in [4.78, 5) is 14.2.